The predicted octanol–water partition coefficient (Wildman–Crippen LogP) is 1.21. The molecule has 1 aliphatic heterocycles. The Kier molecular flexibility index (Phi) is 5.88. The van der Waals surface area contributed by atoms with Gasteiger partial charge in [0.25, 0.3) is 11.8 Å². The van der Waals surface area contributed by atoms with Crippen LogP contribution < -0.4 is 10.6 Å². The van der Waals surface area contributed by atoms with Crippen LogP contribution in [0.5, 0.6) is 0 Å². The first-order chi connectivity index (χ1) is 12.8. The van der Waals surface area contributed by atoms with Crippen LogP contribution in [-0.2, 0) is 9.59 Å². The predicted molar refractivity (Wildman–Crippen MR) is 102 cm³/mol. The first kappa shape index (κ1) is 17.5. The fourth-order valence-electron chi connectivity index (χ4n) is 2.62. The summed E-state index contributed by atoms with van der Waals surface area (Å²) < 4.78 is 0. The van der Waals surface area contributed by atoms with Gasteiger partial charge in [-0.05, 0) is 0 Å². The molecule has 3 rings (SSSR count). The minimum absolute atomic E-state index is 0.252. The summed E-state index contributed by atoms with van der Waals surface area (Å²) in [5.41, 5.74) is 2.29. The van der Waals surface area contributed by atoms with Gasteiger partial charge in [-0.3, -0.25) is 19.6 Å². The largest absolute Gasteiger partial charge is 0.349 e. The van der Waals surface area contributed by atoms with Crippen LogP contribution in [-0.4, -0.2) is 49.4 Å². The average Bonchev–Trinajstić information content (AvgIpc) is 2.68. The maximum atomic E-state index is 12.4. The van der Waals surface area contributed by atoms with Crippen molar-refractivity contribution in [2.45, 2.75) is 0 Å². The molecule has 26 heavy (non-hydrogen) atoms. The average molecular weight is 348 g/mol. The molecule has 0 bridgehead atoms. The Balaban J connectivity index is 1.87. The summed E-state index contributed by atoms with van der Waals surface area (Å²) in [7, 11) is 0. The highest BCUT2D eigenvalue weighted by Crippen LogP contribution is 2.04. The molecule has 1 heterocycles. The van der Waals surface area contributed by atoms with E-state index in [1.54, 1.807) is 0 Å². The Bertz CT molecular complexity index is 758. The van der Waals surface area contributed by atoms with E-state index < -0.39 is 0 Å². The molecule has 2 aromatic rings. The van der Waals surface area contributed by atoms with Gasteiger partial charge >= 0.3 is 0 Å². The molecule has 2 aromatic carbocycles. The SMILES string of the molecule is O=C1NCCNC(=O)C(c2ccccc2)=NCCN=C1c1ccccc1. The Hall–Kier alpha value is -3.28. The Morgan fingerprint density at radius 2 is 1.00 bits per heavy atom. The van der Waals surface area contributed by atoms with Crippen molar-refractivity contribution >= 4 is 23.2 Å². The summed E-state index contributed by atoms with van der Waals surface area (Å²) in [4.78, 5) is 33.7. The number of aliphatic imine (C=N–C) groups is 2. The molecule has 6 nitrogen and oxygen atoms in total. The van der Waals surface area contributed by atoms with E-state index in [1.807, 2.05) is 60.7 Å². The van der Waals surface area contributed by atoms with E-state index >= 15 is 0 Å². The molecule has 0 fully saturated rings. The zero-order valence-electron chi connectivity index (χ0n) is 14.3. The molecule has 2 amide bonds. The van der Waals surface area contributed by atoms with E-state index in [0.717, 1.165) is 11.1 Å². The molecule has 0 atom stereocenters. The Morgan fingerprint density at radius 1 is 0.615 bits per heavy atom. The number of carbonyl (C=O) groups excluding carboxylic acids is 2. The van der Waals surface area contributed by atoms with Crippen LogP contribution in [0.2, 0.25) is 0 Å². The summed E-state index contributed by atoms with van der Waals surface area (Å²) in [5.74, 6) is -0.503. The third-order valence-corrected chi connectivity index (χ3v) is 3.86. The first-order valence-electron chi connectivity index (χ1n) is 8.52. The van der Waals surface area contributed by atoms with Gasteiger partial charge in [-0.25, -0.2) is 0 Å². The van der Waals surface area contributed by atoms with E-state index in [9.17, 15) is 9.59 Å². The van der Waals surface area contributed by atoms with Crippen LogP contribution in [0.4, 0.5) is 0 Å². The van der Waals surface area contributed by atoms with Gasteiger partial charge in [0.1, 0.15) is 11.4 Å². The quantitative estimate of drug-likeness (QED) is 0.855. The monoisotopic (exact) mass is 348 g/mol. The second kappa shape index (κ2) is 8.71. The van der Waals surface area contributed by atoms with E-state index in [4.69, 9.17) is 0 Å². The topological polar surface area (TPSA) is 82.9 Å². The third kappa shape index (κ3) is 4.42. The van der Waals surface area contributed by atoms with Gasteiger partial charge in [-0.1, -0.05) is 60.7 Å². The summed E-state index contributed by atoms with van der Waals surface area (Å²) in [6, 6.07) is 18.7. The third-order valence-electron chi connectivity index (χ3n) is 3.86. The lowest BCUT2D eigenvalue weighted by atomic mass is 10.1. The summed E-state index contributed by atoms with van der Waals surface area (Å²) in [6.07, 6.45) is 0. The number of carbonyl (C=O) groups is 2. The van der Waals surface area contributed by atoms with Crippen molar-refractivity contribution in [3.63, 3.8) is 0 Å². The maximum absolute atomic E-state index is 12.4. The number of nitrogens with one attached hydrogen (secondary N) is 2. The Labute approximate surface area is 152 Å². The molecule has 0 spiro atoms. The van der Waals surface area contributed by atoms with Crippen LogP contribution in [0.1, 0.15) is 11.1 Å². The zero-order valence-corrected chi connectivity index (χ0v) is 14.3. The van der Waals surface area contributed by atoms with Gasteiger partial charge in [0.2, 0.25) is 0 Å². The van der Waals surface area contributed by atoms with Crippen LogP contribution in [0.15, 0.2) is 70.6 Å². The smallest absolute Gasteiger partial charge is 0.270 e. The summed E-state index contributed by atoms with van der Waals surface area (Å²) in [5, 5.41) is 5.60. The van der Waals surface area contributed by atoms with Crippen LogP contribution in [0.25, 0.3) is 0 Å². The molecule has 1 aliphatic rings. The van der Waals surface area contributed by atoms with Gasteiger partial charge in [0, 0.05) is 24.2 Å². The van der Waals surface area contributed by atoms with E-state index in [1.165, 1.54) is 0 Å². The molecular formula is C20H20N4O2. The zero-order chi connectivity index (χ0) is 18.2. The molecule has 0 aromatic heterocycles. The van der Waals surface area contributed by atoms with Crippen LogP contribution >= 0.6 is 0 Å². The van der Waals surface area contributed by atoms with Gasteiger partial charge in [0.15, 0.2) is 0 Å². The molecule has 0 saturated carbocycles. The number of hydrogen-bond donors (Lipinski definition) is 2. The van der Waals surface area contributed by atoms with Crippen molar-refractivity contribution in [3.05, 3.63) is 71.8 Å². The van der Waals surface area contributed by atoms with Crippen molar-refractivity contribution in [1.29, 1.82) is 0 Å². The van der Waals surface area contributed by atoms with Crippen molar-refractivity contribution in [2.24, 2.45) is 9.98 Å². The van der Waals surface area contributed by atoms with E-state index in [0.29, 0.717) is 37.6 Å². The summed E-state index contributed by atoms with van der Waals surface area (Å²) in [6.45, 7) is 1.28. The minimum Gasteiger partial charge on any atom is -0.349 e. The second-order valence-electron chi connectivity index (χ2n) is 5.70. The molecule has 132 valence electrons. The Morgan fingerprint density at radius 3 is 1.38 bits per heavy atom. The molecule has 0 unspecified atom stereocenters. The molecule has 0 aliphatic carbocycles. The fraction of sp³-hybridized carbons (Fsp3) is 0.200. The number of benzene rings is 2. The van der Waals surface area contributed by atoms with Crippen molar-refractivity contribution in [2.75, 3.05) is 26.2 Å². The number of rotatable bonds is 2. The van der Waals surface area contributed by atoms with Gasteiger partial charge in [-0.2, -0.15) is 0 Å². The van der Waals surface area contributed by atoms with Crippen LogP contribution in [0, 0.1) is 0 Å². The molecule has 6 heteroatoms. The highest BCUT2D eigenvalue weighted by Gasteiger charge is 2.16. The lowest BCUT2D eigenvalue weighted by molar-refractivity contribution is -0.116. The summed E-state index contributed by atoms with van der Waals surface area (Å²) >= 11 is 0. The fourth-order valence-corrected chi connectivity index (χ4v) is 2.62. The van der Waals surface area contributed by atoms with Crippen molar-refractivity contribution < 1.29 is 9.59 Å². The van der Waals surface area contributed by atoms with Crippen molar-refractivity contribution in [1.82, 2.24) is 10.6 Å². The van der Waals surface area contributed by atoms with Gasteiger partial charge < -0.3 is 10.6 Å². The number of amides is 2. The molecule has 2 N–H and O–H groups in total. The lowest BCUT2D eigenvalue weighted by Gasteiger charge is -2.12. The van der Waals surface area contributed by atoms with Gasteiger partial charge in [0.05, 0.1) is 13.1 Å². The van der Waals surface area contributed by atoms with Gasteiger partial charge in [-0.15, -0.1) is 0 Å². The van der Waals surface area contributed by atoms with Crippen molar-refractivity contribution in [3.8, 4) is 0 Å². The molecule has 0 saturated heterocycles. The first-order valence-corrected chi connectivity index (χ1v) is 8.52. The molecule has 0 radical (unpaired) electrons. The highest BCUT2D eigenvalue weighted by atomic mass is 16.2. The second-order valence-corrected chi connectivity index (χ2v) is 5.70. The number of hydrogen-bond acceptors (Lipinski definition) is 4. The van der Waals surface area contributed by atoms with Crippen LogP contribution in [0.3, 0.4) is 0 Å². The number of nitrogens with zero attached hydrogens (tertiary/aromatic N) is 2. The molecular weight excluding hydrogens is 328 g/mol. The van der Waals surface area contributed by atoms with E-state index in [2.05, 4.69) is 20.6 Å². The van der Waals surface area contributed by atoms with E-state index in [-0.39, 0.29) is 11.8 Å². The lowest BCUT2D eigenvalue weighted by Crippen LogP contribution is -2.41. The standard InChI is InChI=1S/C20H20N4O2/c25-19-17(15-7-3-1-4-8-15)21-11-12-22-18(16-9-5-2-6-10-16)20(26)24-14-13-23-19/h1-10H,11-14H2,(H,23,25)(H,24,26). The minimum atomic E-state index is -0.252. The maximum Gasteiger partial charge on any atom is 0.270 e. The highest BCUT2D eigenvalue weighted by molar-refractivity contribution is 6.46. The normalized spacial score (nSPS) is 16.3.